The van der Waals surface area contributed by atoms with Crippen molar-refractivity contribution in [3.8, 4) is 0 Å². The van der Waals surface area contributed by atoms with Gasteiger partial charge in [0.15, 0.2) is 0 Å². The molecule has 186 valence electrons. The third-order valence-electron chi connectivity index (χ3n) is 7.26. The Hall–Kier alpha value is -3.01. The van der Waals surface area contributed by atoms with E-state index in [1.807, 2.05) is 0 Å². The lowest BCUT2D eigenvalue weighted by Gasteiger charge is -2.46. The number of carbonyl (C=O) groups is 4. The van der Waals surface area contributed by atoms with E-state index in [9.17, 15) is 28.0 Å². The van der Waals surface area contributed by atoms with Crippen LogP contribution in [0.15, 0.2) is 42.5 Å². The molecule has 37 heavy (non-hydrogen) atoms. The fourth-order valence-corrected chi connectivity index (χ4v) is 5.10. The summed E-state index contributed by atoms with van der Waals surface area (Å²) in [6.45, 7) is 0.0984. The van der Waals surface area contributed by atoms with E-state index in [1.54, 1.807) is 57.4 Å². The Kier molecular flexibility index (Phi) is 6.42. The molecule has 0 bridgehead atoms. The maximum Gasteiger partial charge on any atom is 0.349 e. The van der Waals surface area contributed by atoms with Crippen LogP contribution in [0.25, 0.3) is 0 Å². The molecule has 15 heteroatoms. The highest BCUT2D eigenvalue weighted by Gasteiger charge is 2.53. The van der Waals surface area contributed by atoms with E-state index in [0.717, 1.165) is 12.1 Å². The molecule has 2 aromatic carbocycles. The van der Waals surface area contributed by atoms with Crippen LogP contribution in [0.3, 0.4) is 0 Å². The second kappa shape index (κ2) is 8.79. The maximum atomic E-state index is 14.9. The average Bonchev–Trinajstić information content (AvgIpc) is 3.14. The Morgan fingerprint density at radius 2 is 1.59 bits per heavy atom. The normalized spacial score (nSPS) is 21.4. The van der Waals surface area contributed by atoms with Crippen LogP contribution in [0.5, 0.6) is 0 Å². The highest BCUT2D eigenvalue weighted by Crippen LogP contribution is 2.40. The second-order valence-corrected chi connectivity index (χ2v) is 11.5. The molecular weight excluding hydrogens is 498 g/mol. The Labute approximate surface area is 222 Å². The largest absolute Gasteiger partial charge is 0.357 e. The highest BCUT2D eigenvalue weighted by atomic mass is 35.5. The summed E-state index contributed by atoms with van der Waals surface area (Å²) in [6.07, 6.45) is 0.151. The summed E-state index contributed by atoms with van der Waals surface area (Å²) < 4.78 is 29.7. The monoisotopic (exact) mass is 521 g/mol. The Bertz CT molecular complexity index is 1340. The number of piperidine rings is 1. The van der Waals surface area contributed by atoms with Crippen molar-refractivity contribution in [2.45, 2.75) is 34.9 Å². The van der Waals surface area contributed by atoms with E-state index in [-0.39, 0.29) is 23.9 Å². The summed E-state index contributed by atoms with van der Waals surface area (Å²) in [4.78, 5) is 52.4. The van der Waals surface area contributed by atoms with Gasteiger partial charge in [0.1, 0.15) is 39.2 Å². The number of alkyl halides is 2. The van der Waals surface area contributed by atoms with Crippen molar-refractivity contribution in [2.75, 3.05) is 0 Å². The van der Waals surface area contributed by atoms with Crippen LogP contribution in [-0.4, -0.2) is 73.2 Å². The number of hydrogen-bond donors (Lipinski definition) is 2. The van der Waals surface area contributed by atoms with Gasteiger partial charge in [-0.3, -0.25) is 24.5 Å². The van der Waals surface area contributed by atoms with E-state index in [2.05, 4.69) is 10.6 Å². The molecule has 4 amide bonds. The van der Waals surface area contributed by atoms with Gasteiger partial charge in [-0.2, -0.15) is 8.78 Å². The third-order valence-corrected chi connectivity index (χ3v) is 7.51. The van der Waals surface area contributed by atoms with Crippen LogP contribution in [0.2, 0.25) is 10.2 Å². The molecule has 1 atom stereocenters. The summed E-state index contributed by atoms with van der Waals surface area (Å²) in [7, 11) is 8.23. The number of hydrogen-bond acceptors (Lipinski definition) is 4. The number of halogens is 3. The first-order valence-corrected chi connectivity index (χ1v) is 12.1. The molecule has 2 aliphatic rings. The van der Waals surface area contributed by atoms with Gasteiger partial charge in [-0.15, -0.1) is 0 Å². The summed E-state index contributed by atoms with van der Waals surface area (Å²) in [5.74, 6) is -6.57. The molecule has 7 nitrogen and oxygen atoms in total. The molecule has 0 unspecified atom stereocenters. The van der Waals surface area contributed by atoms with Gasteiger partial charge >= 0.3 is 5.92 Å². The molecule has 1 fully saturated rings. The van der Waals surface area contributed by atoms with Crippen molar-refractivity contribution < 1.29 is 28.0 Å². The van der Waals surface area contributed by atoms with Crippen molar-refractivity contribution in [1.82, 2.24) is 15.5 Å². The predicted molar refractivity (Wildman–Crippen MR) is 147 cm³/mol. The van der Waals surface area contributed by atoms with Crippen LogP contribution in [0.1, 0.15) is 33.5 Å². The molecular formula is C22H23B5ClF2N3O4. The molecule has 2 aromatic rings. The first-order chi connectivity index (χ1) is 17.0. The van der Waals surface area contributed by atoms with E-state index in [0.29, 0.717) is 16.7 Å². The van der Waals surface area contributed by atoms with Crippen molar-refractivity contribution in [2.24, 2.45) is 0 Å². The lowest BCUT2D eigenvalue weighted by Crippen LogP contribution is -2.67. The lowest BCUT2D eigenvalue weighted by molar-refractivity contribution is -0.147. The summed E-state index contributed by atoms with van der Waals surface area (Å²) in [5.41, 5.74) is -0.257. The first-order valence-electron chi connectivity index (χ1n) is 11.8. The molecule has 4 rings (SSSR count). The van der Waals surface area contributed by atoms with Gasteiger partial charge in [0.05, 0.1) is 5.44 Å². The fourth-order valence-electron chi connectivity index (χ4n) is 4.98. The van der Waals surface area contributed by atoms with E-state index in [1.165, 1.54) is 17.0 Å². The number of benzene rings is 2. The summed E-state index contributed by atoms with van der Waals surface area (Å²) in [6, 6.07) is 9.61. The average molecular weight is 521 g/mol. The molecule has 0 spiro atoms. The number of amides is 4. The van der Waals surface area contributed by atoms with Gasteiger partial charge < -0.3 is 10.2 Å². The minimum absolute atomic E-state index is 0.0984. The van der Waals surface area contributed by atoms with Gasteiger partial charge in [0.25, 0.3) is 11.8 Å². The lowest BCUT2D eigenvalue weighted by atomic mass is 9.45. The molecule has 1 saturated heterocycles. The maximum absolute atomic E-state index is 14.9. The number of carbonyl (C=O) groups excluding carboxylic acids is 4. The van der Waals surface area contributed by atoms with Crippen LogP contribution in [0.4, 0.5) is 8.78 Å². The Morgan fingerprint density at radius 3 is 2.22 bits per heavy atom. The van der Waals surface area contributed by atoms with Crippen LogP contribution in [-0.2, 0) is 32.2 Å². The van der Waals surface area contributed by atoms with Crippen molar-refractivity contribution >= 4 is 74.5 Å². The topological polar surface area (TPSA) is 95.6 Å². The minimum atomic E-state index is -3.79. The van der Waals surface area contributed by atoms with Crippen molar-refractivity contribution in [3.63, 3.8) is 0 Å². The van der Waals surface area contributed by atoms with Gasteiger partial charge in [-0.1, -0.05) is 35.9 Å². The van der Waals surface area contributed by atoms with E-state index < -0.39 is 45.2 Å². The van der Waals surface area contributed by atoms with E-state index >= 15 is 0 Å². The number of nitrogens with zero attached hydrogens (tertiary/aromatic N) is 1. The molecule has 0 saturated carbocycles. The minimum Gasteiger partial charge on any atom is -0.357 e. The van der Waals surface area contributed by atoms with Crippen LogP contribution >= 0.6 is 11.6 Å². The quantitative estimate of drug-likeness (QED) is 0.332. The molecule has 0 radical (unpaired) electrons. The van der Waals surface area contributed by atoms with E-state index in [4.69, 9.17) is 11.6 Å². The molecule has 2 aliphatic heterocycles. The standard InChI is InChI=1S/C22H23B5ClF2N3O4/c23-19(24)9-20(25,17(36)31-16(19)35)33-8-10-7-12(3-6-14(10)15(33)34)22(26,27)32-18(37)21(29,30)11-1-4-13(28)5-2-11/h1-7H,8-9,23-27H2,(H,32,37)(H,31,35,36)/t20-/m0/s1. The number of rotatable bonds is 5. The smallest absolute Gasteiger partial charge is 0.349 e. The Morgan fingerprint density at radius 1 is 1.00 bits per heavy atom. The number of nitrogens with one attached hydrogen (secondary N) is 2. The molecule has 0 aliphatic carbocycles. The van der Waals surface area contributed by atoms with Crippen LogP contribution in [0, 0.1) is 0 Å². The number of imide groups is 1. The molecule has 0 aromatic heterocycles. The van der Waals surface area contributed by atoms with Gasteiger partial charge in [0.2, 0.25) is 11.8 Å². The second-order valence-electron chi connectivity index (χ2n) is 11.0. The summed E-state index contributed by atoms with van der Waals surface area (Å²) >= 11 is 5.77. The molecule has 2 heterocycles. The van der Waals surface area contributed by atoms with Crippen LogP contribution < -0.4 is 10.6 Å². The fraction of sp³-hybridized carbons (Fsp3) is 0.273. The SMILES string of the molecule is BC1(B)C[C@](B)(N2Cc3cc(C(B)(B)NC(=O)C(F)(F)c4ccc(Cl)cc4)ccc3C2=O)C(=O)NC1=O. The Balaban J connectivity index is 1.58. The van der Waals surface area contributed by atoms with Gasteiger partial charge in [-0.25, -0.2) is 0 Å². The third kappa shape index (κ3) is 4.60. The van der Waals surface area contributed by atoms with Crippen molar-refractivity contribution in [3.05, 3.63) is 69.7 Å². The predicted octanol–water partition coefficient (Wildman–Crippen LogP) is -2.66. The zero-order valence-corrected chi connectivity index (χ0v) is 21.9. The van der Waals surface area contributed by atoms with Gasteiger partial charge in [0, 0.05) is 28.0 Å². The first kappa shape index (κ1) is 27.0. The van der Waals surface area contributed by atoms with Crippen molar-refractivity contribution in [1.29, 1.82) is 0 Å². The molecule has 2 N–H and O–H groups in total. The van der Waals surface area contributed by atoms with Gasteiger partial charge in [-0.05, 0) is 41.0 Å². The summed E-state index contributed by atoms with van der Waals surface area (Å²) in [5, 5.41) is 2.99. The zero-order valence-electron chi connectivity index (χ0n) is 21.2. The zero-order chi connectivity index (χ0) is 27.6. The highest BCUT2D eigenvalue weighted by molar-refractivity contribution is 6.53. The number of fused-ring (bicyclic) bond motifs is 1.